The maximum atomic E-state index is 12.2. The summed E-state index contributed by atoms with van der Waals surface area (Å²) < 4.78 is 0. The van der Waals surface area contributed by atoms with Crippen molar-refractivity contribution in [1.29, 1.82) is 0 Å². The average Bonchev–Trinajstić information content (AvgIpc) is 2.63. The van der Waals surface area contributed by atoms with Crippen LogP contribution >= 0.6 is 0 Å². The minimum absolute atomic E-state index is 0.238. The molecule has 4 N–H and O–H groups in total. The van der Waals surface area contributed by atoms with Gasteiger partial charge in [0.1, 0.15) is 0 Å². The Morgan fingerprint density at radius 3 is 1.76 bits per heavy atom. The van der Waals surface area contributed by atoms with Crippen LogP contribution in [-0.2, 0) is 0 Å². The molecule has 0 atom stereocenters. The fraction of sp³-hybridized carbons (Fsp3) is 0.600. The zero-order chi connectivity index (χ0) is 17.8. The van der Waals surface area contributed by atoms with Gasteiger partial charge in [-0.05, 0) is 37.8 Å². The molecule has 0 aliphatic heterocycles. The van der Waals surface area contributed by atoms with E-state index in [0.717, 1.165) is 31.4 Å². The predicted molar refractivity (Wildman–Crippen MR) is 99.7 cm³/mol. The molecule has 0 saturated heterocycles. The Labute approximate surface area is 149 Å². The summed E-state index contributed by atoms with van der Waals surface area (Å²) in [4.78, 5) is 26.5. The van der Waals surface area contributed by atoms with Crippen molar-refractivity contribution in [2.45, 2.75) is 76.3 Å². The first kappa shape index (κ1) is 17.8. The van der Waals surface area contributed by atoms with E-state index in [-0.39, 0.29) is 5.56 Å². The molecule has 0 unspecified atom stereocenters. The van der Waals surface area contributed by atoms with Gasteiger partial charge in [0.2, 0.25) is 5.91 Å². The molecule has 0 heterocycles. The van der Waals surface area contributed by atoms with Crippen LogP contribution in [0.2, 0.25) is 0 Å². The van der Waals surface area contributed by atoms with Gasteiger partial charge in [-0.25, -0.2) is 0 Å². The summed E-state index contributed by atoms with van der Waals surface area (Å²) in [6.07, 6.45) is 12.0. The van der Waals surface area contributed by atoms with Crippen LogP contribution in [0.25, 0.3) is 0 Å². The van der Waals surface area contributed by atoms with E-state index >= 15 is 0 Å². The standard InChI is InChI=1S/C20H29N3O2/c21-19(24)16-12-7-13-17(18(16)20(22)25)23(14-8-3-1-4-9-14)15-10-5-2-6-11-15/h7,12-15H,1-6,8-11H2,(H2,21,24)(H2,22,25). The third-order valence-corrected chi connectivity index (χ3v) is 5.77. The molecule has 0 bridgehead atoms. The van der Waals surface area contributed by atoms with Crippen LogP contribution < -0.4 is 16.4 Å². The molecule has 3 rings (SSSR count). The summed E-state index contributed by atoms with van der Waals surface area (Å²) >= 11 is 0. The monoisotopic (exact) mass is 343 g/mol. The summed E-state index contributed by atoms with van der Waals surface area (Å²) in [7, 11) is 0. The number of primary amides is 2. The Balaban J connectivity index is 2.07. The first-order valence-electron chi connectivity index (χ1n) is 9.60. The highest BCUT2D eigenvalue weighted by atomic mass is 16.2. The van der Waals surface area contributed by atoms with E-state index in [0.29, 0.717) is 17.6 Å². The summed E-state index contributed by atoms with van der Waals surface area (Å²) in [6.45, 7) is 0. The number of nitrogens with zero attached hydrogens (tertiary/aromatic N) is 1. The Bertz CT molecular complexity index is 614. The summed E-state index contributed by atoms with van der Waals surface area (Å²) in [5.74, 6) is -1.16. The first-order chi connectivity index (χ1) is 12.1. The molecule has 0 spiro atoms. The molecule has 2 aliphatic carbocycles. The van der Waals surface area contributed by atoms with E-state index in [4.69, 9.17) is 11.5 Å². The van der Waals surface area contributed by atoms with Crippen molar-refractivity contribution in [3.63, 3.8) is 0 Å². The molecule has 0 aromatic heterocycles. The minimum Gasteiger partial charge on any atom is -0.366 e. The number of hydrogen-bond donors (Lipinski definition) is 2. The molecule has 25 heavy (non-hydrogen) atoms. The van der Waals surface area contributed by atoms with Gasteiger partial charge in [-0.2, -0.15) is 0 Å². The topological polar surface area (TPSA) is 89.4 Å². The van der Waals surface area contributed by atoms with Crippen LogP contribution in [0.5, 0.6) is 0 Å². The van der Waals surface area contributed by atoms with E-state index in [2.05, 4.69) is 4.90 Å². The van der Waals surface area contributed by atoms with Gasteiger partial charge in [0.25, 0.3) is 5.91 Å². The lowest BCUT2D eigenvalue weighted by atomic mass is 9.87. The third-order valence-electron chi connectivity index (χ3n) is 5.77. The number of anilines is 1. The molecule has 5 heteroatoms. The van der Waals surface area contributed by atoms with Crippen molar-refractivity contribution >= 4 is 17.5 Å². The van der Waals surface area contributed by atoms with Crippen LogP contribution in [-0.4, -0.2) is 23.9 Å². The first-order valence-corrected chi connectivity index (χ1v) is 9.60. The number of amides is 2. The number of rotatable bonds is 5. The van der Waals surface area contributed by atoms with Crippen LogP contribution in [0.15, 0.2) is 18.2 Å². The molecular weight excluding hydrogens is 314 g/mol. The molecule has 0 radical (unpaired) electrons. The number of carbonyl (C=O) groups excluding carboxylic acids is 2. The normalized spacial score (nSPS) is 19.5. The molecule has 136 valence electrons. The van der Waals surface area contributed by atoms with Crippen molar-refractivity contribution in [2.75, 3.05) is 4.90 Å². The van der Waals surface area contributed by atoms with Crippen LogP contribution in [0, 0.1) is 0 Å². The molecule has 2 aliphatic rings. The van der Waals surface area contributed by atoms with Crippen molar-refractivity contribution in [3.05, 3.63) is 29.3 Å². The number of nitrogens with two attached hydrogens (primary N) is 2. The van der Waals surface area contributed by atoms with Gasteiger partial charge in [-0.1, -0.05) is 44.6 Å². The zero-order valence-electron chi connectivity index (χ0n) is 14.9. The van der Waals surface area contributed by atoms with Gasteiger partial charge >= 0.3 is 0 Å². The lowest BCUT2D eigenvalue weighted by Crippen LogP contribution is -2.46. The van der Waals surface area contributed by atoms with Gasteiger partial charge in [0.05, 0.1) is 16.8 Å². The fourth-order valence-corrected chi connectivity index (χ4v) is 4.63. The second-order valence-electron chi connectivity index (χ2n) is 7.42. The SMILES string of the molecule is NC(=O)c1cccc(N(C2CCCCC2)C2CCCCC2)c1C(N)=O. The van der Waals surface area contributed by atoms with Crippen LogP contribution in [0.4, 0.5) is 5.69 Å². The lowest BCUT2D eigenvalue weighted by molar-refractivity contribution is 0.0967. The largest absolute Gasteiger partial charge is 0.366 e. The second-order valence-corrected chi connectivity index (χ2v) is 7.42. The molecule has 2 saturated carbocycles. The van der Waals surface area contributed by atoms with Crippen LogP contribution in [0.1, 0.15) is 84.9 Å². The fourth-order valence-electron chi connectivity index (χ4n) is 4.63. The van der Waals surface area contributed by atoms with E-state index in [1.807, 2.05) is 12.1 Å². The molecule has 2 fully saturated rings. The second kappa shape index (κ2) is 7.89. The summed E-state index contributed by atoms with van der Waals surface area (Å²) in [5.41, 5.74) is 12.5. The number of hydrogen-bond acceptors (Lipinski definition) is 3. The smallest absolute Gasteiger partial charge is 0.251 e. The van der Waals surface area contributed by atoms with Crippen molar-refractivity contribution in [3.8, 4) is 0 Å². The van der Waals surface area contributed by atoms with Crippen molar-refractivity contribution in [1.82, 2.24) is 0 Å². The van der Waals surface area contributed by atoms with Gasteiger partial charge < -0.3 is 16.4 Å². The highest BCUT2D eigenvalue weighted by molar-refractivity contribution is 6.09. The van der Waals surface area contributed by atoms with Crippen LogP contribution in [0.3, 0.4) is 0 Å². The molecule has 1 aromatic rings. The molecule has 5 nitrogen and oxygen atoms in total. The average molecular weight is 343 g/mol. The maximum absolute atomic E-state index is 12.2. The van der Waals surface area contributed by atoms with Crippen molar-refractivity contribution < 1.29 is 9.59 Å². The van der Waals surface area contributed by atoms with E-state index in [9.17, 15) is 9.59 Å². The molecular formula is C20H29N3O2. The highest BCUT2D eigenvalue weighted by Gasteiger charge is 2.32. The summed E-state index contributed by atoms with van der Waals surface area (Å²) in [6, 6.07) is 6.19. The molecule has 1 aromatic carbocycles. The Kier molecular flexibility index (Phi) is 5.61. The number of carbonyl (C=O) groups is 2. The van der Waals surface area contributed by atoms with E-state index in [1.54, 1.807) is 6.07 Å². The van der Waals surface area contributed by atoms with Gasteiger partial charge in [-0.15, -0.1) is 0 Å². The minimum atomic E-state index is -0.595. The highest BCUT2D eigenvalue weighted by Crippen LogP contribution is 2.36. The lowest BCUT2D eigenvalue weighted by Gasteiger charge is -2.44. The zero-order valence-corrected chi connectivity index (χ0v) is 14.9. The number of benzene rings is 1. The van der Waals surface area contributed by atoms with Crippen molar-refractivity contribution in [2.24, 2.45) is 11.5 Å². The summed E-state index contributed by atoms with van der Waals surface area (Å²) in [5, 5.41) is 0. The van der Waals surface area contributed by atoms with Gasteiger partial charge in [-0.3, -0.25) is 9.59 Å². The predicted octanol–water partition coefficient (Wildman–Crippen LogP) is 3.36. The Morgan fingerprint density at radius 1 is 0.800 bits per heavy atom. The Hall–Kier alpha value is -2.04. The third kappa shape index (κ3) is 3.80. The Morgan fingerprint density at radius 2 is 1.32 bits per heavy atom. The maximum Gasteiger partial charge on any atom is 0.251 e. The van der Waals surface area contributed by atoms with E-state index < -0.39 is 11.8 Å². The van der Waals surface area contributed by atoms with Gasteiger partial charge in [0, 0.05) is 12.1 Å². The van der Waals surface area contributed by atoms with Gasteiger partial charge in [0.15, 0.2) is 0 Å². The molecule has 2 amide bonds. The quantitative estimate of drug-likeness (QED) is 0.859. The van der Waals surface area contributed by atoms with E-state index in [1.165, 1.54) is 38.5 Å².